The largest absolute Gasteiger partial charge is 0.399 e. The van der Waals surface area contributed by atoms with Crippen LogP contribution in [0.2, 0.25) is 0 Å². The first kappa shape index (κ1) is 12.9. The summed E-state index contributed by atoms with van der Waals surface area (Å²) in [6.07, 6.45) is 1.27. The predicted molar refractivity (Wildman–Crippen MR) is 82.5 cm³/mol. The molecule has 0 atom stereocenters. The van der Waals surface area contributed by atoms with Gasteiger partial charge in [-0.15, -0.1) is 0 Å². The van der Waals surface area contributed by atoms with Crippen molar-refractivity contribution in [3.63, 3.8) is 0 Å². The van der Waals surface area contributed by atoms with Crippen molar-refractivity contribution in [2.75, 3.05) is 11.1 Å². The molecule has 0 fully saturated rings. The minimum Gasteiger partial charge on any atom is -0.399 e. The molecule has 0 aliphatic carbocycles. The van der Waals surface area contributed by atoms with Crippen LogP contribution in [0.3, 0.4) is 0 Å². The lowest BCUT2D eigenvalue weighted by atomic mass is 10.1. The van der Waals surface area contributed by atoms with Crippen LogP contribution in [-0.4, -0.2) is 9.91 Å². The van der Waals surface area contributed by atoms with E-state index in [1.54, 1.807) is 30.3 Å². The summed E-state index contributed by atoms with van der Waals surface area (Å²) in [4.78, 5) is 14.9. The van der Waals surface area contributed by atoms with Crippen LogP contribution in [0.15, 0.2) is 54.7 Å². The number of fused-ring (bicyclic) bond motifs is 1. The second-order valence-corrected chi connectivity index (χ2v) is 4.54. The Kier molecular flexibility index (Phi) is 3.12. The maximum atomic E-state index is 11.2. The van der Waals surface area contributed by atoms with E-state index in [4.69, 9.17) is 5.73 Å². The number of aromatic nitrogens is 1. The van der Waals surface area contributed by atoms with Gasteiger partial charge in [-0.1, -0.05) is 18.2 Å². The first-order chi connectivity index (χ1) is 10.1. The number of hydrogen-bond donors (Lipinski definition) is 2. The van der Waals surface area contributed by atoms with E-state index in [0.29, 0.717) is 22.3 Å². The fourth-order valence-corrected chi connectivity index (χ4v) is 2.11. The molecule has 0 spiro atoms. The van der Waals surface area contributed by atoms with Gasteiger partial charge in [0.15, 0.2) is 0 Å². The van der Waals surface area contributed by atoms with E-state index in [0.717, 1.165) is 5.69 Å². The Labute approximate surface area is 120 Å². The van der Waals surface area contributed by atoms with E-state index in [2.05, 4.69) is 10.3 Å². The summed E-state index contributed by atoms with van der Waals surface area (Å²) in [5, 5.41) is 15.0. The predicted octanol–water partition coefficient (Wildman–Crippen LogP) is 3.47. The van der Waals surface area contributed by atoms with Crippen molar-refractivity contribution in [1.82, 2.24) is 4.98 Å². The van der Waals surface area contributed by atoms with Crippen LogP contribution in [0, 0.1) is 10.1 Å². The molecule has 6 nitrogen and oxygen atoms in total. The lowest BCUT2D eigenvalue weighted by Gasteiger charge is -2.10. The van der Waals surface area contributed by atoms with Crippen LogP contribution in [0.1, 0.15) is 0 Å². The van der Waals surface area contributed by atoms with Crippen LogP contribution in [0.4, 0.5) is 22.7 Å². The summed E-state index contributed by atoms with van der Waals surface area (Å²) in [6, 6.07) is 14.3. The number of nitrogen functional groups attached to an aromatic ring is 1. The topological polar surface area (TPSA) is 94.1 Å². The number of pyridine rings is 1. The third-order valence-corrected chi connectivity index (χ3v) is 3.13. The average Bonchev–Trinajstić information content (AvgIpc) is 2.49. The zero-order valence-corrected chi connectivity index (χ0v) is 11.0. The van der Waals surface area contributed by atoms with Gasteiger partial charge in [0.1, 0.15) is 11.9 Å². The summed E-state index contributed by atoms with van der Waals surface area (Å²) < 4.78 is 0. The van der Waals surface area contributed by atoms with Crippen molar-refractivity contribution in [3.05, 3.63) is 64.8 Å². The maximum Gasteiger partial charge on any atom is 0.311 e. The lowest BCUT2D eigenvalue weighted by Crippen LogP contribution is -1.99. The van der Waals surface area contributed by atoms with Crippen LogP contribution >= 0.6 is 0 Å². The minimum absolute atomic E-state index is 0.0643. The van der Waals surface area contributed by atoms with Crippen molar-refractivity contribution < 1.29 is 4.92 Å². The highest BCUT2D eigenvalue weighted by Gasteiger charge is 2.17. The van der Waals surface area contributed by atoms with Gasteiger partial charge in [-0.2, -0.15) is 0 Å². The Balaban J connectivity index is 2.16. The van der Waals surface area contributed by atoms with E-state index in [9.17, 15) is 10.1 Å². The quantitative estimate of drug-likeness (QED) is 0.435. The average molecular weight is 280 g/mol. The zero-order chi connectivity index (χ0) is 14.8. The molecule has 0 bridgehead atoms. The monoisotopic (exact) mass is 280 g/mol. The van der Waals surface area contributed by atoms with Crippen LogP contribution in [-0.2, 0) is 0 Å². The second-order valence-electron chi connectivity index (χ2n) is 4.54. The minimum atomic E-state index is -0.445. The molecular formula is C15H12N4O2. The number of para-hydroxylation sites is 1. The fourth-order valence-electron chi connectivity index (χ4n) is 2.11. The molecule has 6 heteroatoms. The molecule has 1 aromatic heterocycles. The van der Waals surface area contributed by atoms with Gasteiger partial charge in [-0.3, -0.25) is 10.1 Å². The summed E-state index contributed by atoms with van der Waals surface area (Å²) in [6.45, 7) is 0. The highest BCUT2D eigenvalue weighted by Crippen LogP contribution is 2.33. The number of anilines is 3. The summed E-state index contributed by atoms with van der Waals surface area (Å²) in [5.41, 5.74) is 8.06. The van der Waals surface area contributed by atoms with Crippen molar-refractivity contribution >= 4 is 33.7 Å². The Morgan fingerprint density at radius 1 is 1.10 bits per heavy atom. The van der Waals surface area contributed by atoms with Gasteiger partial charge in [-0.25, -0.2) is 4.98 Å². The van der Waals surface area contributed by atoms with E-state index in [1.165, 1.54) is 6.20 Å². The van der Waals surface area contributed by atoms with Crippen molar-refractivity contribution in [2.24, 2.45) is 0 Å². The van der Waals surface area contributed by atoms with Crippen LogP contribution in [0.5, 0.6) is 0 Å². The molecule has 0 aliphatic rings. The zero-order valence-electron chi connectivity index (χ0n) is 11.0. The number of nitro groups is 1. The SMILES string of the molecule is Nc1ccc(Nc2c([N+](=O)[O-])cnc3ccccc23)cc1. The van der Waals surface area contributed by atoms with E-state index < -0.39 is 4.92 Å². The number of nitrogens with one attached hydrogen (secondary N) is 1. The van der Waals surface area contributed by atoms with E-state index >= 15 is 0 Å². The second kappa shape index (κ2) is 5.09. The first-order valence-corrected chi connectivity index (χ1v) is 6.30. The van der Waals surface area contributed by atoms with Gasteiger partial charge in [0.2, 0.25) is 0 Å². The molecule has 21 heavy (non-hydrogen) atoms. The maximum absolute atomic E-state index is 11.2. The number of nitrogens with two attached hydrogens (primary N) is 1. The molecule has 3 aromatic rings. The molecule has 0 saturated carbocycles. The Morgan fingerprint density at radius 2 is 1.81 bits per heavy atom. The Morgan fingerprint density at radius 3 is 2.52 bits per heavy atom. The molecule has 0 saturated heterocycles. The van der Waals surface area contributed by atoms with Gasteiger partial charge in [0.05, 0.1) is 10.4 Å². The van der Waals surface area contributed by atoms with Gasteiger partial charge < -0.3 is 11.1 Å². The molecule has 0 radical (unpaired) electrons. The molecule has 2 aromatic carbocycles. The Bertz CT molecular complexity index is 816. The standard InChI is InChI=1S/C15H12N4O2/c16-10-5-7-11(8-6-10)18-15-12-3-1-2-4-13(12)17-9-14(15)19(20)21/h1-9H,16H2,(H,17,18). The molecule has 104 valence electrons. The highest BCUT2D eigenvalue weighted by molar-refractivity contribution is 5.97. The third kappa shape index (κ3) is 2.46. The molecule has 0 unspecified atom stereocenters. The van der Waals surface area contributed by atoms with E-state index in [-0.39, 0.29) is 5.69 Å². The molecule has 0 amide bonds. The highest BCUT2D eigenvalue weighted by atomic mass is 16.6. The molecule has 1 heterocycles. The van der Waals surface area contributed by atoms with Crippen molar-refractivity contribution in [3.8, 4) is 0 Å². The fraction of sp³-hybridized carbons (Fsp3) is 0. The Hall–Kier alpha value is -3.15. The van der Waals surface area contributed by atoms with Gasteiger partial charge in [0, 0.05) is 16.8 Å². The lowest BCUT2D eigenvalue weighted by molar-refractivity contribution is -0.384. The normalized spacial score (nSPS) is 10.5. The molecular weight excluding hydrogens is 268 g/mol. The smallest absolute Gasteiger partial charge is 0.311 e. The van der Waals surface area contributed by atoms with Gasteiger partial charge in [-0.05, 0) is 30.3 Å². The number of rotatable bonds is 3. The summed E-state index contributed by atoms with van der Waals surface area (Å²) >= 11 is 0. The van der Waals surface area contributed by atoms with Gasteiger partial charge >= 0.3 is 5.69 Å². The summed E-state index contributed by atoms with van der Waals surface area (Å²) in [7, 11) is 0. The molecule has 3 N–H and O–H groups in total. The van der Waals surface area contributed by atoms with Crippen LogP contribution in [0.25, 0.3) is 10.9 Å². The van der Waals surface area contributed by atoms with Crippen LogP contribution < -0.4 is 11.1 Å². The third-order valence-electron chi connectivity index (χ3n) is 3.13. The number of hydrogen-bond acceptors (Lipinski definition) is 5. The number of nitrogens with zero attached hydrogens (tertiary/aromatic N) is 2. The van der Waals surface area contributed by atoms with Crippen molar-refractivity contribution in [1.29, 1.82) is 0 Å². The van der Waals surface area contributed by atoms with Gasteiger partial charge in [0.25, 0.3) is 0 Å². The molecule has 3 rings (SSSR count). The summed E-state index contributed by atoms with van der Waals surface area (Å²) in [5.74, 6) is 0. The molecule has 0 aliphatic heterocycles. The van der Waals surface area contributed by atoms with Crippen molar-refractivity contribution in [2.45, 2.75) is 0 Å². The first-order valence-electron chi connectivity index (χ1n) is 6.30. The number of benzene rings is 2. The van der Waals surface area contributed by atoms with E-state index in [1.807, 2.05) is 18.2 Å².